The summed E-state index contributed by atoms with van der Waals surface area (Å²) in [4.78, 5) is 11.2. The van der Waals surface area contributed by atoms with Gasteiger partial charge in [0.1, 0.15) is 5.75 Å². The SMILES string of the molecule is C/C=C/C(=O)Nc1ccc(OC)c(N)c1. The second kappa shape index (κ2) is 5.05. The maximum absolute atomic E-state index is 11.2. The molecule has 0 aliphatic heterocycles. The quantitative estimate of drug-likeness (QED) is 0.585. The van der Waals surface area contributed by atoms with Gasteiger partial charge in [0.2, 0.25) is 5.91 Å². The van der Waals surface area contributed by atoms with Gasteiger partial charge >= 0.3 is 0 Å². The molecule has 1 aromatic carbocycles. The van der Waals surface area contributed by atoms with Gasteiger partial charge in [-0.05, 0) is 31.2 Å². The van der Waals surface area contributed by atoms with E-state index in [4.69, 9.17) is 10.5 Å². The number of nitrogens with one attached hydrogen (secondary N) is 1. The van der Waals surface area contributed by atoms with Gasteiger partial charge in [-0.3, -0.25) is 4.79 Å². The Balaban J connectivity index is 2.79. The standard InChI is InChI=1S/C11H14N2O2/c1-3-4-11(14)13-8-5-6-10(15-2)9(12)7-8/h3-7H,12H2,1-2H3,(H,13,14)/b4-3+. The summed E-state index contributed by atoms with van der Waals surface area (Å²) in [6.45, 7) is 1.78. The molecule has 0 radical (unpaired) electrons. The first-order valence-corrected chi connectivity index (χ1v) is 4.54. The van der Waals surface area contributed by atoms with Gasteiger partial charge in [0.25, 0.3) is 0 Å². The molecule has 0 spiro atoms. The van der Waals surface area contributed by atoms with Crippen molar-refractivity contribution in [1.82, 2.24) is 0 Å². The highest BCUT2D eigenvalue weighted by atomic mass is 16.5. The lowest BCUT2D eigenvalue weighted by Crippen LogP contribution is -2.08. The molecule has 1 rings (SSSR count). The number of nitrogen functional groups attached to an aromatic ring is 1. The highest BCUT2D eigenvalue weighted by Crippen LogP contribution is 2.24. The van der Waals surface area contributed by atoms with Crippen molar-refractivity contribution in [3.8, 4) is 5.75 Å². The number of carbonyl (C=O) groups is 1. The maximum atomic E-state index is 11.2. The normalized spacial score (nSPS) is 10.3. The van der Waals surface area contributed by atoms with Crippen molar-refractivity contribution in [3.63, 3.8) is 0 Å². The molecule has 4 nitrogen and oxygen atoms in total. The fourth-order valence-electron chi connectivity index (χ4n) is 1.15. The molecule has 0 aromatic heterocycles. The van der Waals surface area contributed by atoms with Crippen LogP contribution in [0.25, 0.3) is 0 Å². The zero-order chi connectivity index (χ0) is 11.3. The van der Waals surface area contributed by atoms with E-state index in [1.165, 1.54) is 6.08 Å². The monoisotopic (exact) mass is 206 g/mol. The van der Waals surface area contributed by atoms with E-state index in [-0.39, 0.29) is 5.91 Å². The van der Waals surface area contributed by atoms with Crippen molar-refractivity contribution in [2.75, 3.05) is 18.2 Å². The van der Waals surface area contributed by atoms with Gasteiger partial charge < -0.3 is 15.8 Å². The molecule has 1 amide bonds. The lowest BCUT2D eigenvalue weighted by Gasteiger charge is -2.07. The van der Waals surface area contributed by atoms with Crippen LogP contribution in [-0.4, -0.2) is 13.0 Å². The van der Waals surface area contributed by atoms with E-state index in [2.05, 4.69) is 5.32 Å². The third kappa shape index (κ3) is 3.02. The van der Waals surface area contributed by atoms with Gasteiger partial charge in [0, 0.05) is 5.69 Å². The summed E-state index contributed by atoms with van der Waals surface area (Å²) in [5.41, 5.74) is 6.83. The summed E-state index contributed by atoms with van der Waals surface area (Å²) >= 11 is 0. The molecule has 3 N–H and O–H groups in total. The fraction of sp³-hybridized carbons (Fsp3) is 0.182. The van der Waals surface area contributed by atoms with Crippen molar-refractivity contribution < 1.29 is 9.53 Å². The predicted octanol–water partition coefficient (Wildman–Crippen LogP) is 1.79. The van der Waals surface area contributed by atoms with Crippen molar-refractivity contribution in [2.24, 2.45) is 0 Å². The molecule has 0 bridgehead atoms. The molecule has 0 aliphatic carbocycles. The van der Waals surface area contributed by atoms with Crippen molar-refractivity contribution in [2.45, 2.75) is 6.92 Å². The van der Waals surface area contributed by atoms with Crippen LogP contribution >= 0.6 is 0 Å². The number of hydrogen-bond acceptors (Lipinski definition) is 3. The van der Waals surface area contributed by atoms with E-state index >= 15 is 0 Å². The van der Waals surface area contributed by atoms with Crippen molar-refractivity contribution in [3.05, 3.63) is 30.4 Å². The molecule has 1 aromatic rings. The second-order valence-corrected chi connectivity index (χ2v) is 2.95. The van der Waals surface area contributed by atoms with Gasteiger partial charge in [0.05, 0.1) is 12.8 Å². The average molecular weight is 206 g/mol. The Morgan fingerprint density at radius 2 is 2.27 bits per heavy atom. The molecule has 4 heteroatoms. The van der Waals surface area contributed by atoms with Crippen LogP contribution in [0.2, 0.25) is 0 Å². The molecule has 0 saturated heterocycles. The van der Waals surface area contributed by atoms with Crippen molar-refractivity contribution in [1.29, 1.82) is 0 Å². The molecule has 0 heterocycles. The molecule has 80 valence electrons. The largest absolute Gasteiger partial charge is 0.495 e. The first-order chi connectivity index (χ1) is 7.17. The lowest BCUT2D eigenvalue weighted by molar-refractivity contribution is -0.111. The predicted molar refractivity (Wildman–Crippen MR) is 60.9 cm³/mol. The third-order valence-corrected chi connectivity index (χ3v) is 1.82. The minimum Gasteiger partial charge on any atom is -0.495 e. The second-order valence-electron chi connectivity index (χ2n) is 2.95. The van der Waals surface area contributed by atoms with E-state index in [0.29, 0.717) is 17.1 Å². The van der Waals surface area contributed by atoms with Gasteiger partial charge in [0.15, 0.2) is 0 Å². The van der Waals surface area contributed by atoms with E-state index in [0.717, 1.165) is 0 Å². The van der Waals surface area contributed by atoms with Crippen LogP contribution in [0, 0.1) is 0 Å². The first kappa shape index (κ1) is 11.1. The molecular weight excluding hydrogens is 192 g/mol. The van der Waals surface area contributed by atoms with Gasteiger partial charge in [-0.25, -0.2) is 0 Å². The van der Waals surface area contributed by atoms with Crippen molar-refractivity contribution >= 4 is 17.3 Å². The Morgan fingerprint density at radius 3 is 2.80 bits per heavy atom. The topological polar surface area (TPSA) is 64.3 Å². The molecule has 0 unspecified atom stereocenters. The Kier molecular flexibility index (Phi) is 3.74. The third-order valence-electron chi connectivity index (χ3n) is 1.82. The highest BCUT2D eigenvalue weighted by molar-refractivity contribution is 5.99. The Morgan fingerprint density at radius 1 is 1.53 bits per heavy atom. The number of allylic oxidation sites excluding steroid dienone is 1. The highest BCUT2D eigenvalue weighted by Gasteiger charge is 2.02. The summed E-state index contributed by atoms with van der Waals surface area (Å²) in [5.74, 6) is 0.418. The van der Waals surface area contributed by atoms with E-state index in [9.17, 15) is 4.79 Å². The van der Waals surface area contributed by atoms with Crippen LogP contribution in [0.4, 0.5) is 11.4 Å². The number of amides is 1. The van der Waals surface area contributed by atoms with Crippen LogP contribution < -0.4 is 15.8 Å². The maximum Gasteiger partial charge on any atom is 0.248 e. The minimum absolute atomic E-state index is 0.179. The number of nitrogens with two attached hydrogens (primary N) is 1. The lowest BCUT2D eigenvalue weighted by atomic mass is 10.2. The molecule has 15 heavy (non-hydrogen) atoms. The summed E-state index contributed by atoms with van der Waals surface area (Å²) in [5, 5.41) is 2.67. The van der Waals surface area contributed by atoms with Crippen LogP contribution in [0.1, 0.15) is 6.92 Å². The van der Waals surface area contributed by atoms with Crippen LogP contribution in [-0.2, 0) is 4.79 Å². The zero-order valence-electron chi connectivity index (χ0n) is 8.78. The summed E-state index contributed by atoms with van der Waals surface area (Å²) in [7, 11) is 1.55. The number of methoxy groups -OCH3 is 1. The van der Waals surface area contributed by atoms with Crippen LogP contribution in [0.3, 0.4) is 0 Å². The summed E-state index contributed by atoms with van der Waals surface area (Å²) in [6.07, 6.45) is 3.11. The van der Waals surface area contributed by atoms with E-state index in [1.54, 1.807) is 38.3 Å². The Bertz CT molecular complexity index is 386. The zero-order valence-corrected chi connectivity index (χ0v) is 8.78. The number of carbonyl (C=O) groups excluding carboxylic acids is 1. The number of rotatable bonds is 3. The average Bonchev–Trinajstić information content (AvgIpc) is 2.18. The Hall–Kier alpha value is -1.97. The molecule has 0 saturated carbocycles. The number of anilines is 2. The number of benzene rings is 1. The molecule has 0 atom stereocenters. The fourth-order valence-corrected chi connectivity index (χ4v) is 1.15. The summed E-state index contributed by atoms with van der Waals surface area (Å²) in [6, 6.07) is 5.09. The first-order valence-electron chi connectivity index (χ1n) is 4.54. The van der Waals surface area contributed by atoms with Gasteiger partial charge in [-0.15, -0.1) is 0 Å². The van der Waals surface area contributed by atoms with Gasteiger partial charge in [-0.2, -0.15) is 0 Å². The van der Waals surface area contributed by atoms with Crippen LogP contribution in [0.15, 0.2) is 30.4 Å². The number of hydrogen-bond donors (Lipinski definition) is 2. The van der Waals surface area contributed by atoms with Gasteiger partial charge in [-0.1, -0.05) is 6.08 Å². The van der Waals surface area contributed by atoms with E-state index < -0.39 is 0 Å². The minimum atomic E-state index is -0.179. The van der Waals surface area contributed by atoms with E-state index in [1.807, 2.05) is 0 Å². The Labute approximate surface area is 88.7 Å². The number of ether oxygens (including phenoxy) is 1. The molecular formula is C11H14N2O2. The molecule has 0 aliphatic rings. The smallest absolute Gasteiger partial charge is 0.248 e. The molecule has 0 fully saturated rings. The summed E-state index contributed by atoms with van der Waals surface area (Å²) < 4.78 is 5.00. The van der Waals surface area contributed by atoms with Crippen LogP contribution in [0.5, 0.6) is 5.75 Å².